The number of nitrogen functional groups attached to an aromatic ring is 1. The molecule has 4 N–H and O–H groups in total. The molecule has 1 fully saturated rings. The first-order valence-electron chi connectivity index (χ1n) is 11.1. The first-order chi connectivity index (χ1) is 16.5. The minimum atomic E-state index is 0.186. The van der Waals surface area contributed by atoms with E-state index in [1.54, 1.807) is 6.07 Å². The number of aromatic amines is 1. The number of hydrogen-bond acceptors (Lipinski definition) is 9. The topological polar surface area (TPSA) is 142 Å². The maximum absolute atomic E-state index is 9.74. The van der Waals surface area contributed by atoms with Gasteiger partial charge in [-0.15, -0.1) is 5.10 Å². The molecule has 10 heteroatoms. The summed E-state index contributed by atoms with van der Waals surface area (Å²) in [6, 6.07) is 14.5. The molecule has 0 aliphatic carbocycles. The fourth-order valence-corrected chi connectivity index (χ4v) is 4.34. The highest BCUT2D eigenvalue weighted by molar-refractivity contribution is 5.79. The third kappa shape index (κ3) is 4.33. The average Bonchev–Trinajstić information content (AvgIpc) is 3.30. The third-order valence-electron chi connectivity index (χ3n) is 5.85. The van der Waals surface area contributed by atoms with Gasteiger partial charge in [0, 0.05) is 48.6 Å². The van der Waals surface area contributed by atoms with Crippen LogP contribution in [0.3, 0.4) is 0 Å². The van der Waals surface area contributed by atoms with Crippen LogP contribution >= 0.6 is 0 Å². The molecule has 0 amide bonds. The molecule has 34 heavy (non-hydrogen) atoms. The van der Waals surface area contributed by atoms with Crippen molar-refractivity contribution in [2.75, 3.05) is 23.7 Å². The lowest BCUT2D eigenvalue weighted by molar-refractivity contribution is 0.309. The number of anilines is 2. The second-order valence-corrected chi connectivity index (χ2v) is 8.59. The Kier molecular flexibility index (Phi) is 5.69. The highest BCUT2D eigenvalue weighted by Crippen LogP contribution is 2.27. The largest absolute Gasteiger partial charge is 0.486 e. The van der Waals surface area contributed by atoms with E-state index in [0.29, 0.717) is 34.6 Å². The van der Waals surface area contributed by atoms with Crippen molar-refractivity contribution in [3.63, 3.8) is 0 Å². The number of fused-ring (bicyclic) bond motifs is 1. The molecule has 1 aromatic carbocycles. The number of nitriles is 1. The maximum Gasteiger partial charge on any atom is 0.207 e. The summed E-state index contributed by atoms with van der Waals surface area (Å²) in [4.78, 5) is 11.1. The molecule has 1 aliphatic rings. The van der Waals surface area contributed by atoms with Gasteiger partial charge in [-0.05, 0) is 37.6 Å². The zero-order valence-corrected chi connectivity index (χ0v) is 19.0. The Morgan fingerprint density at radius 3 is 2.65 bits per heavy atom. The van der Waals surface area contributed by atoms with Gasteiger partial charge in [0.15, 0.2) is 11.3 Å². The monoisotopic (exact) mass is 455 g/mol. The molecule has 0 spiro atoms. The minimum absolute atomic E-state index is 0.186. The van der Waals surface area contributed by atoms with Gasteiger partial charge in [0.1, 0.15) is 18.2 Å². The summed E-state index contributed by atoms with van der Waals surface area (Å²) < 4.78 is 5.92. The number of nitrogens with zero attached hydrogens (tertiary/aromatic N) is 6. The Balaban J connectivity index is 1.33. The van der Waals surface area contributed by atoms with Crippen molar-refractivity contribution < 1.29 is 4.74 Å². The van der Waals surface area contributed by atoms with Crippen LogP contribution in [-0.4, -0.2) is 50.6 Å². The SMILES string of the molecule is CC1CN(c2ccc(-c3ccc(COc4cc(N)nc5n[nH]nc45)c(C#N)c3)cn2)CC(C)N1. The van der Waals surface area contributed by atoms with E-state index >= 15 is 0 Å². The van der Waals surface area contributed by atoms with Gasteiger partial charge < -0.3 is 20.7 Å². The van der Waals surface area contributed by atoms with E-state index in [0.717, 1.165) is 35.6 Å². The second kappa shape index (κ2) is 8.96. The Hall–Kier alpha value is -4.23. The van der Waals surface area contributed by atoms with Crippen LogP contribution in [0.25, 0.3) is 22.3 Å². The molecule has 172 valence electrons. The number of nitrogens with two attached hydrogens (primary N) is 1. The number of pyridine rings is 2. The highest BCUT2D eigenvalue weighted by Gasteiger charge is 2.21. The molecule has 5 rings (SSSR count). The summed E-state index contributed by atoms with van der Waals surface area (Å²) >= 11 is 0. The van der Waals surface area contributed by atoms with Crippen LogP contribution in [-0.2, 0) is 6.61 Å². The molecule has 3 aromatic heterocycles. The second-order valence-electron chi connectivity index (χ2n) is 8.59. The lowest BCUT2D eigenvalue weighted by Crippen LogP contribution is -2.54. The van der Waals surface area contributed by atoms with Crippen LogP contribution < -0.4 is 20.7 Å². The Morgan fingerprint density at radius 1 is 1.12 bits per heavy atom. The van der Waals surface area contributed by atoms with Crippen molar-refractivity contribution in [1.29, 1.82) is 5.26 Å². The van der Waals surface area contributed by atoms with Gasteiger partial charge in [-0.2, -0.15) is 15.6 Å². The quantitative estimate of drug-likeness (QED) is 0.414. The first-order valence-corrected chi connectivity index (χ1v) is 11.1. The molecule has 2 unspecified atom stereocenters. The van der Waals surface area contributed by atoms with Gasteiger partial charge in [-0.25, -0.2) is 9.97 Å². The zero-order chi connectivity index (χ0) is 23.7. The van der Waals surface area contributed by atoms with E-state index in [2.05, 4.69) is 50.5 Å². The fourth-order valence-electron chi connectivity index (χ4n) is 4.34. The molecule has 4 heterocycles. The van der Waals surface area contributed by atoms with Crippen molar-refractivity contribution >= 4 is 22.8 Å². The molecule has 1 saturated heterocycles. The van der Waals surface area contributed by atoms with Crippen LogP contribution in [0.5, 0.6) is 5.75 Å². The summed E-state index contributed by atoms with van der Waals surface area (Å²) in [5.74, 6) is 1.71. The molecule has 4 aromatic rings. The number of benzene rings is 1. The van der Waals surface area contributed by atoms with Gasteiger partial charge >= 0.3 is 0 Å². The fraction of sp³-hybridized carbons (Fsp3) is 0.292. The van der Waals surface area contributed by atoms with E-state index in [4.69, 9.17) is 15.5 Å². The predicted molar refractivity (Wildman–Crippen MR) is 129 cm³/mol. The third-order valence-corrected chi connectivity index (χ3v) is 5.85. The van der Waals surface area contributed by atoms with Crippen molar-refractivity contribution in [2.24, 2.45) is 0 Å². The van der Waals surface area contributed by atoms with Crippen LogP contribution in [0.15, 0.2) is 42.6 Å². The van der Waals surface area contributed by atoms with Gasteiger partial charge in [0.05, 0.1) is 11.6 Å². The Bertz CT molecular complexity index is 1350. The zero-order valence-electron chi connectivity index (χ0n) is 19.0. The van der Waals surface area contributed by atoms with Crippen molar-refractivity contribution in [2.45, 2.75) is 32.5 Å². The van der Waals surface area contributed by atoms with Crippen LogP contribution in [0, 0.1) is 11.3 Å². The van der Waals surface area contributed by atoms with Crippen molar-refractivity contribution in [1.82, 2.24) is 30.7 Å². The maximum atomic E-state index is 9.74. The summed E-state index contributed by atoms with van der Waals surface area (Å²) in [5.41, 5.74) is 9.87. The minimum Gasteiger partial charge on any atom is -0.486 e. The molecule has 0 bridgehead atoms. The molecule has 10 nitrogen and oxygen atoms in total. The van der Waals surface area contributed by atoms with Gasteiger partial charge in [0.25, 0.3) is 0 Å². The van der Waals surface area contributed by atoms with E-state index in [-0.39, 0.29) is 12.4 Å². The average molecular weight is 456 g/mol. The molecule has 0 radical (unpaired) electrons. The molecule has 2 atom stereocenters. The standard InChI is InChI=1S/C24H25N9O/c1-14-11-33(12-15(2)28-14)22-6-5-17(10-27-22)16-3-4-18(19(7-16)9-25)13-34-20-8-21(26)29-24-23(20)30-32-31-24/h3-8,10,14-15,28H,11-13H2,1-2H3,(H3,26,29,30,31,32). The van der Waals surface area contributed by atoms with E-state index in [1.165, 1.54) is 0 Å². The smallest absolute Gasteiger partial charge is 0.207 e. The van der Waals surface area contributed by atoms with Crippen molar-refractivity contribution in [3.05, 3.63) is 53.7 Å². The van der Waals surface area contributed by atoms with Gasteiger partial charge in [0.2, 0.25) is 5.65 Å². The number of piperazine rings is 1. The number of nitrogens with one attached hydrogen (secondary N) is 2. The number of aromatic nitrogens is 5. The molecular formula is C24H25N9O. The highest BCUT2D eigenvalue weighted by atomic mass is 16.5. The molecular weight excluding hydrogens is 430 g/mol. The normalized spacial score (nSPS) is 18.1. The van der Waals surface area contributed by atoms with Crippen LogP contribution in [0.4, 0.5) is 11.6 Å². The number of rotatable bonds is 5. The van der Waals surface area contributed by atoms with Gasteiger partial charge in [-0.1, -0.05) is 12.1 Å². The summed E-state index contributed by atoms with van der Waals surface area (Å²) in [7, 11) is 0. The summed E-state index contributed by atoms with van der Waals surface area (Å²) in [6.07, 6.45) is 1.86. The van der Waals surface area contributed by atoms with E-state index < -0.39 is 0 Å². The van der Waals surface area contributed by atoms with Crippen LogP contribution in [0.2, 0.25) is 0 Å². The lowest BCUT2D eigenvalue weighted by atomic mass is 10.0. The Labute approximate surface area is 196 Å². The lowest BCUT2D eigenvalue weighted by Gasteiger charge is -2.36. The number of hydrogen-bond donors (Lipinski definition) is 3. The number of H-pyrrole nitrogens is 1. The summed E-state index contributed by atoms with van der Waals surface area (Å²) in [6.45, 7) is 6.40. The first kappa shape index (κ1) is 21.6. The number of ether oxygens (including phenoxy) is 1. The van der Waals surface area contributed by atoms with Crippen molar-refractivity contribution in [3.8, 4) is 22.9 Å². The Morgan fingerprint density at radius 2 is 1.91 bits per heavy atom. The van der Waals surface area contributed by atoms with E-state index in [1.807, 2.05) is 36.5 Å². The summed E-state index contributed by atoms with van der Waals surface area (Å²) in [5, 5.41) is 23.8. The van der Waals surface area contributed by atoms with Crippen LogP contribution in [0.1, 0.15) is 25.0 Å². The molecule has 1 aliphatic heterocycles. The molecule has 0 saturated carbocycles. The van der Waals surface area contributed by atoms with Gasteiger partial charge in [-0.3, -0.25) is 0 Å². The van der Waals surface area contributed by atoms with E-state index in [9.17, 15) is 5.26 Å². The predicted octanol–water partition coefficient (Wildman–Crippen LogP) is 2.63.